The van der Waals surface area contributed by atoms with E-state index in [9.17, 15) is 22.8 Å². The molecule has 5 rings (SSSR count). The van der Waals surface area contributed by atoms with E-state index in [1.807, 2.05) is 55.5 Å². The van der Waals surface area contributed by atoms with Gasteiger partial charge >= 0.3 is 12.4 Å². The zero-order valence-corrected chi connectivity index (χ0v) is 23.2. The van der Waals surface area contributed by atoms with E-state index in [1.54, 1.807) is 0 Å². The van der Waals surface area contributed by atoms with Gasteiger partial charge in [-0.2, -0.15) is 4.99 Å². The number of benzene rings is 3. The molecule has 0 bridgehead atoms. The third-order valence-electron chi connectivity index (χ3n) is 6.28. The number of amides is 3. The molecule has 0 atom stereocenters. The number of amidine groups is 1. The zero-order valence-electron chi connectivity index (χ0n) is 22.3. The number of aryl methyl sites for hydroxylation is 2. The van der Waals surface area contributed by atoms with Crippen molar-refractivity contribution in [3.05, 3.63) is 90.3 Å². The molecule has 0 aliphatic carbocycles. The maximum atomic E-state index is 12.4. The maximum absolute atomic E-state index is 12.4. The quantitative estimate of drug-likeness (QED) is 0.254. The topological polar surface area (TPSA) is 102 Å². The first kappa shape index (κ1) is 28.9. The van der Waals surface area contributed by atoms with Crippen LogP contribution >= 0.6 is 11.8 Å². The standard InChI is InChI=1S/C29H25F3N6O3S/c1-19-5-2-3-7-24(19)38-25(39)17-42-28(38)35-27(40)33-16-4-6-20-8-10-21(11-9-20)26-34-18-37(36-26)22-12-14-23(15-13-22)41-29(30,31)32/h2-3,5,7-15,18H,4,6,16-17H2,1H3,(H,33,40)/b35-28-. The van der Waals surface area contributed by atoms with Crippen molar-refractivity contribution in [3.8, 4) is 22.8 Å². The predicted octanol–water partition coefficient (Wildman–Crippen LogP) is 5.92. The summed E-state index contributed by atoms with van der Waals surface area (Å²) < 4.78 is 42.5. The van der Waals surface area contributed by atoms with Crippen LogP contribution in [0.4, 0.5) is 23.7 Å². The number of para-hydroxylation sites is 1. The third-order valence-corrected chi connectivity index (χ3v) is 7.20. The van der Waals surface area contributed by atoms with Crippen LogP contribution in [0, 0.1) is 6.92 Å². The zero-order chi connectivity index (χ0) is 29.7. The second-order valence-electron chi connectivity index (χ2n) is 9.29. The van der Waals surface area contributed by atoms with E-state index in [-0.39, 0.29) is 17.4 Å². The van der Waals surface area contributed by atoms with Crippen molar-refractivity contribution in [1.82, 2.24) is 20.1 Å². The van der Waals surface area contributed by atoms with E-state index in [0.717, 1.165) is 22.4 Å². The fraction of sp³-hybridized carbons (Fsp3) is 0.207. The molecule has 3 amide bonds. The van der Waals surface area contributed by atoms with Gasteiger partial charge in [0.15, 0.2) is 11.0 Å². The first-order valence-electron chi connectivity index (χ1n) is 12.9. The van der Waals surface area contributed by atoms with Crippen molar-refractivity contribution in [1.29, 1.82) is 0 Å². The number of urea groups is 1. The van der Waals surface area contributed by atoms with E-state index >= 15 is 0 Å². The van der Waals surface area contributed by atoms with Crippen molar-refractivity contribution >= 4 is 34.6 Å². The van der Waals surface area contributed by atoms with Crippen LogP contribution in [0.25, 0.3) is 17.1 Å². The molecular formula is C29H25F3N6O3S. The van der Waals surface area contributed by atoms with E-state index < -0.39 is 12.4 Å². The fourth-order valence-corrected chi connectivity index (χ4v) is 5.11. The summed E-state index contributed by atoms with van der Waals surface area (Å²) in [5.41, 5.74) is 4.01. The molecular weight excluding hydrogens is 569 g/mol. The number of ether oxygens (including phenoxy) is 1. The van der Waals surface area contributed by atoms with Gasteiger partial charge in [0.25, 0.3) is 0 Å². The Balaban J connectivity index is 1.11. The number of aromatic nitrogens is 3. The van der Waals surface area contributed by atoms with Gasteiger partial charge in [-0.25, -0.2) is 14.5 Å². The molecule has 1 saturated heterocycles. The molecule has 0 radical (unpaired) electrons. The van der Waals surface area contributed by atoms with E-state index in [0.29, 0.717) is 36.1 Å². The minimum atomic E-state index is -4.75. The van der Waals surface area contributed by atoms with Gasteiger partial charge in [-0.3, -0.25) is 9.69 Å². The summed E-state index contributed by atoms with van der Waals surface area (Å²) >= 11 is 1.24. The summed E-state index contributed by atoms with van der Waals surface area (Å²) in [6, 6.07) is 20.0. The SMILES string of the molecule is Cc1ccccc1N1C(=O)CS/C1=N\C(=O)NCCCc1ccc(-c2ncn(-c3ccc(OC(F)(F)F)cc3)n2)cc1. The fourth-order valence-electron chi connectivity index (χ4n) is 4.25. The third kappa shape index (κ3) is 7.16. The van der Waals surface area contributed by atoms with Crippen molar-refractivity contribution in [3.63, 3.8) is 0 Å². The number of carbonyl (C=O) groups excluding carboxylic acids is 2. The Labute approximate surface area is 243 Å². The Morgan fingerprint density at radius 1 is 1.07 bits per heavy atom. The Morgan fingerprint density at radius 3 is 2.52 bits per heavy atom. The Hall–Kier alpha value is -4.65. The van der Waals surface area contributed by atoms with Crippen molar-refractivity contribution in [2.45, 2.75) is 26.1 Å². The molecule has 1 aliphatic heterocycles. The lowest BCUT2D eigenvalue weighted by atomic mass is 10.1. The number of carbonyl (C=O) groups is 2. The Morgan fingerprint density at radius 2 is 1.81 bits per heavy atom. The molecule has 9 nitrogen and oxygen atoms in total. The summed E-state index contributed by atoms with van der Waals surface area (Å²) in [5.74, 6) is 0.274. The lowest BCUT2D eigenvalue weighted by molar-refractivity contribution is -0.274. The number of hydrogen-bond acceptors (Lipinski definition) is 6. The molecule has 1 aromatic heterocycles. The highest BCUT2D eigenvalue weighted by Crippen LogP contribution is 2.29. The minimum Gasteiger partial charge on any atom is -0.406 e. The molecule has 1 fully saturated rings. The number of hydrogen-bond donors (Lipinski definition) is 1. The largest absolute Gasteiger partial charge is 0.573 e. The van der Waals surface area contributed by atoms with Gasteiger partial charge in [0.2, 0.25) is 5.91 Å². The number of alkyl halides is 3. The summed E-state index contributed by atoms with van der Waals surface area (Å²) in [6.07, 6.45) is -1.87. The lowest BCUT2D eigenvalue weighted by Gasteiger charge is -2.18. The second kappa shape index (κ2) is 12.5. The number of halogens is 3. The van der Waals surface area contributed by atoms with E-state index in [4.69, 9.17) is 0 Å². The van der Waals surface area contributed by atoms with Crippen LogP contribution in [0.1, 0.15) is 17.5 Å². The molecule has 1 N–H and O–H groups in total. The van der Waals surface area contributed by atoms with Gasteiger partial charge in [0.1, 0.15) is 12.1 Å². The molecule has 216 valence electrons. The average Bonchev–Trinajstić information content (AvgIpc) is 3.59. The van der Waals surface area contributed by atoms with Crippen LogP contribution in [0.2, 0.25) is 0 Å². The Kier molecular flexibility index (Phi) is 8.57. The molecule has 4 aromatic rings. The normalized spacial score (nSPS) is 14.4. The number of nitrogens with zero attached hydrogens (tertiary/aromatic N) is 5. The highest BCUT2D eigenvalue weighted by atomic mass is 32.2. The number of rotatable bonds is 8. The van der Waals surface area contributed by atoms with Crippen LogP contribution in [-0.4, -0.2) is 50.5 Å². The van der Waals surface area contributed by atoms with Gasteiger partial charge < -0.3 is 10.1 Å². The van der Waals surface area contributed by atoms with Gasteiger partial charge in [-0.05, 0) is 61.2 Å². The van der Waals surface area contributed by atoms with Crippen molar-refractivity contribution in [2.75, 3.05) is 17.2 Å². The van der Waals surface area contributed by atoms with Crippen molar-refractivity contribution in [2.24, 2.45) is 4.99 Å². The highest BCUT2D eigenvalue weighted by molar-refractivity contribution is 8.15. The second-order valence-corrected chi connectivity index (χ2v) is 10.2. The minimum absolute atomic E-state index is 0.111. The summed E-state index contributed by atoms with van der Waals surface area (Å²) in [7, 11) is 0. The van der Waals surface area contributed by atoms with Crippen molar-refractivity contribution < 1.29 is 27.5 Å². The van der Waals surface area contributed by atoms with Gasteiger partial charge in [-0.15, -0.1) is 18.3 Å². The predicted molar refractivity (Wildman–Crippen MR) is 154 cm³/mol. The van der Waals surface area contributed by atoms with Gasteiger partial charge in [0, 0.05) is 12.1 Å². The van der Waals surface area contributed by atoms with Gasteiger partial charge in [-0.1, -0.05) is 54.2 Å². The van der Waals surface area contributed by atoms with Gasteiger partial charge in [0.05, 0.1) is 17.1 Å². The maximum Gasteiger partial charge on any atom is 0.573 e. The smallest absolute Gasteiger partial charge is 0.406 e. The Bertz CT molecular complexity index is 1600. The molecule has 2 heterocycles. The number of anilines is 1. The van der Waals surface area contributed by atoms with Crippen LogP contribution < -0.4 is 15.0 Å². The monoisotopic (exact) mass is 594 g/mol. The molecule has 0 unspecified atom stereocenters. The van der Waals surface area contributed by atoms with Crippen LogP contribution in [0.3, 0.4) is 0 Å². The van der Waals surface area contributed by atoms with Crippen LogP contribution in [0.15, 0.2) is 84.1 Å². The first-order chi connectivity index (χ1) is 20.2. The lowest BCUT2D eigenvalue weighted by Crippen LogP contribution is -2.32. The summed E-state index contributed by atoms with van der Waals surface area (Å²) in [6.45, 7) is 2.32. The van der Waals surface area contributed by atoms with E-state index in [2.05, 4.69) is 25.1 Å². The number of nitrogens with one attached hydrogen (secondary N) is 1. The summed E-state index contributed by atoms with van der Waals surface area (Å²) in [4.78, 5) is 34.8. The molecule has 42 heavy (non-hydrogen) atoms. The summed E-state index contributed by atoms with van der Waals surface area (Å²) in [5, 5.41) is 7.57. The molecule has 1 aliphatic rings. The van der Waals surface area contributed by atoms with Crippen LogP contribution in [0.5, 0.6) is 5.75 Å². The highest BCUT2D eigenvalue weighted by Gasteiger charge is 2.32. The molecule has 0 spiro atoms. The average molecular weight is 595 g/mol. The molecule has 3 aromatic carbocycles. The number of thioether (sulfide) groups is 1. The number of aliphatic imine (C=N–C) groups is 1. The van der Waals surface area contributed by atoms with Crippen LogP contribution in [-0.2, 0) is 11.2 Å². The molecule has 0 saturated carbocycles. The van der Waals surface area contributed by atoms with E-state index in [1.165, 1.54) is 51.9 Å². The molecule has 13 heteroatoms. The first-order valence-corrected chi connectivity index (χ1v) is 13.9.